The summed E-state index contributed by atoms with van der Waals surface area (Å²) < 4.78 is 0. The summed E-state index contributed by atoms with van der Waals surface area (Å²) in [5.74, 6) is 0.500. The van der Waals surface area contributed by atoms with Gasteiger partial charge in [-0.1, -0.05) is 30.7 Å². The van der Waals surface area contributed by atoms with Crippen molar-refractivity contribution >= 4 is 6.03 Å². The number of aryl methyl sites for hydroxylation is 2. The molecule has 0 radical (unpaired) electrons. The molecule has 0 aromatic heterocycles. The van der Waals surface area contributed by atoms with E-state index in [0.29, 0.717) is 12.0 Å². The highest BCUT2D eigenvalue weighted by molar-refractivity contribution is 5.75. The van der Waals surface area contributed by atoms with Gasteiger partial charge in [0.25, 0.3) is 0 Å². The standard InChI is InChI=1S/C19H31N3O/c1-13-7-8-14(2)17(11-13)16(4)20-19(23)22(6)18-9-10-21(5)12-15(18)3/h7-8,11,15-16,18H,9-10,12H2,1-6H3,(H,20,23)/t15-,16+,18+/m1/s1. The van der Waals surface area contributed by atoms with E-state index < -0.39 is 0 Å². The summed E-state index contributed by atoms with van der Waals surface area (Å²) in [6.45, 7) is 10.6. The molecule has 2 rings (SSSR count). The molecule has 1 aliphatic heterocycles. The van der Waals surface area contributed by atoms with Crippen LogP contribution in [0.1, 0.15) is 43.0 Å². The maximum absolute atomic E-state index is 12.7. The van der Waals surface area contributed by atoms with Gasteiger partial charge in [0.2, 0.25) is 0 Å². The van der Waals surface area contributed by atoms with Gasteiger partial charge in [0, 0.05) is 19.6 Å². The molecule has 128 valence electrons. The molecule has 1 aromatic rings. The van der Waals surface area contributed by atoms with Crippen LogP contribution in [0.3, 0.4) is 0 Å². The molecule has 1 N–H and O–H groups in total. The Kier molecular flexibility index (Phi) is 5.69. The van der Waals surface area contributed by atoms with Crippen LogP contribution in [0.25, 0.3) is 0 Å². The van der Waals surface area contributed by atoms with Gasteiger partial charge in [0.1, 0.15) is 0 Å². The minimum atomic E-state index is 0.0198. The van der Waals surface area contributed by atoms with Gasteiger partial charge in [-0.2, -0.15) is 0 Å². The predicted octanol–water partition coefficient (Wildman–Crippen LogP) is 3.35. The number of hydrogen-bond donors (Lipinski definition) is 1. The van der Waals surface area contributed by atoms with E-state index >= 15 is 0 Å². The van der Waals surface area contributed by atoms with Gasteiger partial charge in [-0.05, 0) is 57.8 Å². The van der Waals surface area contributed by atoms with Gasteiger partial charge >= 0.3 is 6.03 Å². The molecule has 0 spiro atoms. The third kappa shape index (κ3) is 4.25. The molecule has 1 heterocycles. The third-order valence-corrected chi connectivity index (χ3v) is 5.12. The number of urea groups is 1. The SMILES string of the molecule is Cc1ccc(C)c([C@H](C)NC(=O)N(C)[C@H]2CCN(C)C[C@H]2C)c1. The van der Waals surface area contributed by atoms with E-state index in [0.717, 1.165) is 19.5 Å². The number of hydrogen-bond acceptors (Lipinski definition) is 2. The lowest BCUT2D eigenvalue weighted by Gasteiger charge is -2.40. The minimum Gasteiger partial charge on any atom is -0.331 e. The quantitative estimate of drug-likeness (QED) is 0.928. The summed E-state index contributed by atoms with van der Waals surface area (Å²) in [5.41, 5.74) is 3.64. The number of benzene rings is 1. The Morgan fingerprint density at radius 1 is 1.39 bits per heavy atom. The Morgan fingerprint density at radius 2 is 2.09 bits per heavy atom. The van der Waals surface area contributed by atoms with E-state index in [2.05, 4.69) is 63.2 Å². The number of carbonyl (C=O) groups is 1. The van der Waals surface area contributed by atoms with E-state index in [1.165, 1.54) is 16.7 Å². The third-order valence-electron chi connectivity index (χ3n) is 5.12. The van der Waals surface area contributed by atoms with Crippen LogP contribution < -0.4 is 5.32 Å². The maximum Gasteiger partial charge on any atom is 0.317 e. The fourth-order valence-corrected chi connectivity index (χ4v) is 3.66. The van der Waals surface area contributed by atoms with Gasteiger partial charge in [-0.3, -0.25) is 0 Å². The van der Waals surface area contributed by atoms with Gasteiger partial charge < -0.3 is 15.1 Å². The van der Waals surface area contributed by atoms with E-state index in [9.17, 15) is 4.79 Å². The minimum absolute atomic E-state index is 0.0198. The highest BCUT2D eigenvalue weighted by Gasteiger charge is 2.30. The largest absolute Gasteiger partial charge is 0.331 e. The molecule has 4 heteroatoms. The molecule has 3 atom stereocenters. The van der Waals surface area contributed by atoms with Crippen LogP contribution in [0.5, 0.6) is 0 Å². The second kappa shape index (κ2) is 7.35. The molecule has 0 bridgehead atoms. The van der Waals surface area contributed by atoms with Crippen molar-refractivity contribution in [2.24, 2.45) is 5.92 Å². The Hall–Kier alpha value is -1.55. The first kappa shape index (κ1) is 17.8. The molecule has 1 fully saturated rings. The number of piperidine rings is 1. The van der Waals surface area contributed by atoms with E-state index in [1.54, 1.807) is 0 Å². The predicted molar refractivity (Wildman–Crippen MR) is 95.7 cm³/mol. The lowest BCUT2D eigenvalue weighted by Crippen LogP contribution is -2.52. The zero-order chi connectivity index (χ0) is 17.1. The first-order chi connectivity index (χ1) is 10.8. The van der Waals surface area contributed by atoms with Crippen molar-refractivity contribution in [3.8, 4) is 0 Å². The molecule has 2 amide bonds. The van der Waals surface area contributed by atoms with Crippen LogP contribution in [-0.2, 0) is 0 Å². The highest BCUT2D eigenvalue weighted by Crippen LogP contribution is 2.22. The van der Waals surface area contributed by atoms with Crippen LogP contribution in [-0.4, -0.2) is 49.1 Å². The van der Waals surface area contributed by atoms with E-state index in [4.69, 9.17) is 0 Å². The fraction of sp³-hybridized carbons (Fsp3) is 0.632. The number of rotatable bonds is 3. The Balaban J connectivity index is 2.01. The van der Waals surface area contributed by atoms with Crippen molar-refractivity contribution in [1.82, 2.24) is 15.1 Å². The smallest absolute Gasteiger partial charge is 0.317 e. The number of amides is 2. The lowest BCUT2D eigenvalue weighted by atomic mass is 9.93. The van der Waals surface area contributed by atoms with Gasteiger partial charge in [-0.25, -0.2) is 4.79 Å². The lowest BCUT2D eigenvalue weighted by molar-refractivity contribution is 0.106. The molecule has 4 nitrogen and oxygen atoms in total. The van der Waals surface area contributed by atoms with Crippen LogP contribution >= 0.6 is 0 Å². The number of likely N-dealkylation sites (tertiary alicyclic amines) is 1. The summed E-state index contributed by atoms with van der Waals surface area (Å²) in [7, 11) is 4.08. The van der Waals surface area contributed by atoms with E-state index in [1.807, 2.05) is 11.9 Å². The van der Waals surface area contributed by atoms with Crippen molar-refractivity contribution in [2.75, 3.05) is 27.2 Å². The average Bonchev–Trinajstić information content (AvgIpc) is 2.49. The van der Waals surface area contributed by atoms with Gasteiger partial charge in [-0.15, -0.1) is 0 Å². The first-order valence-corrected chi connectivity index (χ1v) is 8.58. The number of nitrogens with zero attached hydrogens (tertiary/aromatic N) is 2. The van der Waals surface area contributed by atoms with Gasteiger partial charge in [0.15, 0.2) is 0 Å². The topological polar surface area (TPSA) is 35.6 Å². The maximum atomic E-state index is 12.7. The molecule has 1 saturated heterocycles. The Labute approximate surface area is 140 Å². The molecular weight excluding hydrogens is 286 g/mol. The van der Waals surface area contributed by atoms with Crippen molar-refractivity contribution in [3.63, 3.8) is 0 Å². The van der Waals surface area contributed by atoms with Crippen molar-refractivity contribution in [1.29, 1.82) is 0 Å². The molecule has 0 aliphatic carbocycles. The summed E-state index contributed by atoms with van der Waals surface area (Å²) in [6.07, 6.45) is 1.04. The second-order valence-corrected chi connectivity index (χ2v) is 7.24. The summed E-state index contributed by atoms with van der Waals surface area (Å²) in [4.78, 5) is 16.9. The molecular formula is C19H31N3O. The van der Waals surface area contributed by atoms with Gasteiger partial charge in [0.05, 0.1) is 6.04 Å². The van der Waals surface area contributed by atoms with E-state index in [-0.39, 0.29) is 12.1 Å². The first-order valence-electron chi connectivity index (χ1n) is 8.58. The molecule has 0 unspecified atom stereocenters. The van der Waals surface area contributed by atoms with Crippen molar-refractivity contribution < 1.29 is 4.79 Å². The van der Waals surface area contributed by atoms with Crippen molar-refractivity contribution in [2.45, 2.75) is 46.2 Å². The summed E-state index contributed by atoms with van der Waals surface area (Å²) in [5, 5.41) is 3.17. The Morgan fingerprint density at radius 3 is 2.74 bits per heavy atom. The van der Waals surface area contributed by atoms with Crippen molar-refractivity contribution in [3.05, 3.63) is 34.9 Å². The molecule has 0 saturated carbocycles. The Bertz CT molecular complexity index is 558. The highest BCUT2D eigenvalue weighted by atomic mass is 16.2. The summed E-state index contributed by atoms with van der Waals surface area (Å²) in [6, 6.07) is 6.76. The normalized spacial score (nSPS) is 23.4. The van der Waals surface area contributed by atoms with Crippen LogP contribution in [0.2, 0.25) is 0 Å². The number of carbonyl (C=O) groups excluding carboxylic acids is 1. The van der Waals surface area contributed by atoms with Crippen LogP contribution in [0, 0.1) is 19.8 Å². The number of nitrogens with one attached hydrogen (secondary N) is 1. The molecule has 23 heavy (non-hydrogen) atoms. The zero-order valence-corrected chi connectivity index (χ0v) is 15.4. The fourth-order valence-electron chi connectivity index (χ4n) is 3.66. The molecule has 1 aromatic carbocycles. The molecule has 1 aliphatic rings. The summed E-state index contributed by atoms with van der Waals surface area (Å²) >= 11 is 0. The average molecular weight is 317 g/mol. The zero-order valence-electron chi connectivity index (χ0n) is 15.4. The van der Waals surface area contributed by atoms with Crippen LogP contribution in [0.15, 0.2) is 18.2 Å². The monoisotopic (exact) mass is 317 g/mol. The van der Waals surface area contributed by atoms with Crippen LogP contribution in [0.4, 0.5) is 4.79 Å². The second-order valence-electron chi connectivity index (χ2n) is 7.24.